The summed E-state index contributed by atoms with van der Waals surface area (Å²) in [6, 6.07) is 9.23. The van der Waals surface area contributed by atoms with Crippen molar-refractivity contribution in [1.29, 1.82) is 0 Å². The molecule has 3 aromatic rings. The van der Waals surface area contributed by atoms with Crippen molar-refractivity contribution < 1.29 is 9.90 Å². The predicted octanol–water partition coefficient (Wildman–Crippen LogP) is 0.947. The second-order valence-corrected chi connectivity index (χ2v) is 6.32. The summed E-state index contributed by atoms with van der Waals surface area (Å²) in [4.78, 5) is 22.1. The van der Waals surface area contributed by atoms with E-state index in [-0.39, 0.29) is 5.91 Å². The van der Waals surface area contributed by atoms with Gasteiger partial charge in [-0.05, 0) is 36.3 Å². The topological polar surface area (TPSA) is 97.3 Å². The zero-order chi connectivity index (χ0) is 18.3. The average molecular weight is 347 g/mol. The lowest BCUT2D eigenvalue weighted by Crippen LogP contribution is -2.37. The van der Waals surface area contributed by atoms with Crippen LogP contribution in [0, 0.1) is 11.8 Å². The van der Waals surface area contributed by atoms with Gasteiger partial charge in [-0.25, -0.2) is 9.97 Å². The summed E-state index contributed by atoms with van der Waals surface area (Å²) in [6.07, 6.45) is 3.82. The number of hydrogen-bond acceptors (Lipinski definition) is 5. The number of amides is 1. The molecule has 1 atom stereocenters. The monoisotopic (exact) mass is 347 g/mol. The number of carbonyl (C=O) groups is 1. The van der Waals surface area contributed by atoms with Crippen LogP contribution in [0.5, 0.6) is 0 Å². The van der Waals surface area contributed by atoms with Gasteiger partial charge in [-0.1, -0.05) is 5.92 Å². The van der Waals surface area contributed by atoms with Crippen molar-refractivity contribution in [1.82, 2.24) is 19.4 Å². The summed E-state index contributed by atoms with van der Waals surface area (Å²) in [7, 11) is 1.65. The Morgan fingerprint density at radius 2 is 2.15 bits per heavy atom. The van der Waals surface area contributed by atoms with Crippen LogP contribution in [0.1, 0.15) is 12.1 Å². The van der Waals surface area contributed by atoms with Gasteiger partial charge in [0, 0.05) is 37.8 Å². The fourth-order valence-corrected chi connectivity index (χ4v) is 3.01. The number of nitrogen functional groups attached to an aromatic ring is 1. The number of likely N-dealkylation sites (tertiary alicyclic amines) is 1. The van der Waals surface area contributed by atoms with E-state index >= 15 is 0 Å². The molecule has 3 aromatic heterocycles. The van der Waals surface area contributed by atoms with Gasteiger partial charge in [0.2, 0.25) is 5.60 Å². The summed E-state index contributed by atoms with van der Waals surface area (Å²) < 4.78 is 1.89. The molecule has 1 aliphatic heterocycles. The van der Waals surface area contributed by atoms with Crippen LogP contribution in [0.25, 0.3) is 16.7 Å². The molecule has 0 spiro atoms. The Labute approximate surface area is 150 Å². The third kappa shape index (κ3) is 2.66. The van der Waals surface area contributed by atoms with Crippen molar-refractivity contribution in [3.63, 3.8) is 0 Å². The SMILES string of the molecule is CN1CCC(O)(C#Cc2cc(-n3ccc4ccc(N)nc43)ccn2)C1=O. The van der Waals surface area contributed by atoms with E-state index in [4.69, 9.17) is 5.73 Å². The molecule has 4 rings (SSSR count). The van der Waals surface area contributed by atoms with E-state index in [0.717, 1.165) is 16.7 Å². The molecule has 26 heavy (non-hydrogen) atoms. The van der Waals surface area contributed by atoms with Gasteiger partial charge in [0.05, 0.1) is 5.69 Å². The fraction of sp³-hybridized carbons (Fsp3) is 0.211. The van der Waals surface area contributed by atoms with Gasteiger partial charge in [-0.3, -0.25) is 4.79 Å². The first-order valence-corrected chi connectivity index (χ1v) is 8.17. The largest absolute Gasteiger partial charge is 0.384 e. The zero-order valence-corrected chi connectivity index (χ0v) is 14.2. The minimum atomic E-state index is -1.64. The molecule has 0 aliphatic carbocycles. The summed E-state index contributed by atoms with van der Waals surface area (Å²) in [5.74, 6) is 5.57. The third-order valence-corrected chi connectivity index (χ3v) is 4.49. The van der Waals surface area contributed by atoms with Gasteiger partial charge in [-0.15, -0.1) is 0 Å². The average Bonchev–Trinajstić information content (AvgIpc) is 3.17. The van der Waals surface area contributed by atoms with E-state index in [9.17, 15) is 9.90 Å². The minimum absolute atomic E-state index is 0.292. The Morgan fingerprint density at radius 3 is 2.92 bits per heavy atom. The molecule has 1 unspecified atom stereocenters. The Bertz CT molecular complexity index is 1080. The normalized spacial score (nSPS) is 19.6. The zero-order valence-electron chi connectivity index (χ0n) is 14.2. The maximum Gasteiger partial charge on any atom is 0.267 e. The van der Waals surface area contributed by atoms with Crippen LogP contribution in [0.3, 0.4) is 0 Å². The number of anilines is 1. The Hall–Kier alpha value is -3.37. The maximum atomic E-state index is 12.0. The number of nitrogens with two attached hydrogens (primary N) is 1. The molecule has 4 heterocycles. The lowest BCUT2D eigenvalue weighted by Gasteiger charge is -2.13. The summed E-state index contributed by atoms with van der Waals surface area (Å²) in [6.45, 7) is 0.486. The molecule has 0 saturated carbocycles. The van der Waals surface area contributed by atoms with E-state index in [2.05, 4.69) is 21.8 Å². The van der Waals surface area contributed by atoms with Crippen LogP contribution < -0.4 is 5.73 Å². The lowest BCUT2D eigenvalue weighted by molar-refractivity contribution is -0.137. The number of pyridine rings is 2. The number of aliphatic hydroxyl groups is 1. The molecule has 1 amide bonds. The number of fused-ring (bicyclic) bond motifs is 1. The minimum Gasteiger partial charge on any atom is -0.384 e. The molecule has 1 fully saturated rings. The van der Waals surface area contributed by atoms with E-state index in [1.165, 1.54) is 4.90 Å². The van der Waals surface area contributed by atoms with Gasteiger partial charge in [0.25, 0.3) is 5.91 Å². The number of hydrogen-bond donors (Lipinski definition) is 2. The van der Waals surface area contributed by atoms with Gasteiger partial charge in [-0.2, -0.15) is 0 Å². The first kappa shape index (κ1) is 16.1. The Morgan fingerprint density at radius 1 is 1.31 bits per heavy atom. The fourth-order valence-electron chi connectivity index (χ4n) is 3.01. The molecule has 1 aliphatic rings. The number of aromatic nitrogens is 3. The molecule has 1 saturated heterocycles. The number of nitrogens with zero attached hydrogens (tertiary/aromatic N) is 4. The van der Waals surface area contributed by atoms with Crippen molar-refractivity contribution >= 4 is 22.8 Å². The van der Waals surface area contributed by atoms with Gasteiger partial charge in [0.1, 0.15) is 17.2 Å². The molecule has 0 bridgehead atoms. The highest BCUT2D eigenvalue weighted by Crippen LogP contribution is 2.22. The van der Waals surface area contributed by atoms with E-state index < -0.39 is 5.60 Å². The molecule has 0 aromatic carbocycles. The first-order chi connectivity index (χ1) is 12.5. The number of rotatable bonds is 1. The molecule has 0 radical (unpaired) electrons. The van der Waals surface area contributed by atoms with Crippen LogP contribution in [0.15, 0.2) is 42.7 Å². The Kier molecular flexibility index (Phi) is 3.63. The van der Waals surface area contributed by atoms with E-state index in [0.29, 0.717) is 24.5 Å². The first-order valence-electron chi connectivity index (χ1n) is 8.17. The third-order valence-electron chi connectivity index (χ3n) is 4.49. The lowest BCUT2D eigenvalue weighted by atomic mass is 10.0. The summed E-state index contributed by atoms with van der Waals surface area (Å²) in [5, 5.41) is 11.4. The van der Waals surface area contributed by atoms with Gasteiger partial charge < -0.3 is 20.3 Å². The van der Waals surface area contributed by atoms with Crippen LogP contribution in [-0.4, -0.2) is 49.6 Å². The van der Waals surface area contributed by atoms with Crippen molar-refractivity contribution in [2.45, 2.75) is 12.0 Å². The van der Waals surface area contributed by atoms with Crippen LogP contribution in [-0.2, 0) is 4.79 Å². The quantitative estimate of drug-likeness (QED) is 0.639. The van der Waals surface area contributed by atoms with Crippen molar-refractivity contribution in [3.8, 4) is 17.5 Å². The predicted molar refractivity (Wildman–Crippen MR) is 97.4 cm³/mol. The Balaban J connectivity index is 1.71. The second-order valence-electron chi connectivity index (χ2n) is 6.32. The van der Waals surface area contributed by atoms with E-state index in [1.807, 2.05) is 29.0 Å². The van der Waals surface area contributed by atoms with Gasteiger partial charge >= 0.3 is 0 Å². The molecule has 7 heteroatoms. The summed E-state index contributed by atoms with van der Waals surface area (Å²) >= 11 is 0. The molecular formula is C19H17N5O2. The second kappa shape index (κ2) is 5.86. The maximum absolute atomic E-state index is 12.0. The van der Waals surface area contributed by atoms with E-state index in [1.54, 1.807) is 25.4 Å². The van der Waals surface area contributed by atoms with Crippen LogP contribution >= 0.6 is 0 Å². The van der Waals surface area contributed by atoms with Crippen LogP contribution in [0.4, 0.5) is 5.82 Å². The van der Waals surface area contributed by atoms with Crippen molar-refractivity contribution in [3.05, 3.63) is 48.4 Å². The van der Waals surface area contributed by atoms with Crippen LogP contribution in [0.2, 0.25) is 0 Å². The highest BCUT2D eigenvalue weighted by atomic mass is 16.3. The number of carbonyl (C=O) groups excluding carboxylic acids is 1. The molecule has 3 N–H and O–H groups in total. The molecule has 7 nitrogen and oxygen atoms in total. The molecular weight excluding hydrogens is 330 g/mol. The van der Waals surface area contributed by atoms with Gasteiger partial charge in [0.15, 0.2) is 0 Å². The smallest absolute Gasteiger partial charge is 0.267 e. The summed E-state index contributed by atoms with van der Waals surface area (Å²) in [5.41, 5.74) is 6.18. The molecule has 130 valence electrons. The number of likely N-dealkylation sites (N-methyl/N-ethyl adjacent to an activating group) is 1. The standard InChI is InChI=1S/C19H17N5O2/c1-23-11-8-19(26,18(23)25)7-4-14-12-15(5-9-21-14)24-10-6-13-2-3-16(20)22-17(13)24/h2-3,5-6,9-10,12,26H,8,11H2,1H3,(H2,20,22). The highest BCUT2D eigenvalue weighted by molar-refractivity contribution is 5.90. The van der Waals surface area contributed by atoms with Crippen molar-refractivity contribution in [2.75, 3.05) is 19.3 Å². The van der Waals surface area contributed by atoms with Crippen molar-refractivity contribution in [2.24, 2.45) is 0 Å². The highest BCUT2D eigenvalue weighted by Gasteiger charge is 2.42.